The van der Waals surface area contributed by atoms with Gasteiger partial charge in [-0.25, -0.2) is 0 Å². The monoisotopic (exact) mass is 353 g/mol. The highest BCUT2D eigenvalue weighted by Crippen LogP contribution is 2.37. The second-order valence-electron chi connectivity index (χ2n) is 7.84. The maximum atomic E-state index is 8.92. The van der Waals surface area contributed by atoms with Crippen molar-refractivity contribution in [2.24, 2.45) is 5.92 Å². The quantitative estimate of drug-likeness (QED) is 0.331. The first-order valence-electron chi connectivity index (χ1n) is 10.5. The average molecular weight is 354 g/mol. The Morgan fingerprint density at radius 3 is 2.54 bits per heavy atom. The van der Waals surface area contributed by atoms with Gasteiger partial charge in [0.1, 0.15) is 0 Å². The van der Waals surface area contributed by atoms with E-state index in [-0.39, 0.29) is 0 Å². The summed E-state index contributed by atoms with van der Waals surface area (Å²) in [4.78, 5) is 0. The molecule has 0 bridgehead atoms. The Bertz CT molecular complexity index is 561. The third-order valence-electron chi connectivity index (χ3n) is 5.72. The maximum absolute atomic E-state index is 8.92. The van der Waals surface area contributed by atoms with Crippen LogP contribution in [0.25, 0.3) is 0 Å². The lowest BCUT2D eigenvalue weighted by Crippen LogP contribution is -2.15. The number of hydrogen-bond acceptors (Lipinski definition) is 2. The molecule has 1 aromatic carbocycles. The van der Waals surface area contributed by atoms with Gasteiger partial charge in [0.2, 0.25) is 0 Å². The Labute approximate surface area is 160 Å². The number of allylic oxidation sites excluding steroid dienone is 1. The molecule has 1 unspecified atom stereocenters. The summed E-state index contributed by atoms with van der Waals surface area (Å²) in [5, 5.41) is 8.92. The molecule has 2 rings (SSSR count). The van der Waals surface area contributed by atoms with Gasteiger partial charge in [-0.05, 0) is 93.9 Å². The number of nitrogens with zero attached hydrogens (tertiary/aromatic N) is 1. The maximum Gasteiger partial charge on any atom is 0.0991 e. The third-order valence-corrected chi connectivity index (χ3v) is 5.72. The first kappa shape index (κ1) is 20.6. The van der Waals surface area contributed by atoms with Crippen molar-refractivity contribution in [1.29, 1.82) is 5.26 Å². The second kappa shape index (κ2) is 11.8. The average Bonchev–Trinajstić information content (AvgIpc) is 2.69. The summed E-state index contributed by atoms with van der Waals surface area (Å²) in [7, 11) is 0. The third kappa shape index (κ3) is 7.24. The molecular weight excluding hydrogens is 318 g/mol. The van der Waals surface area contributed by atoms with E-state index in [1.165, 1.54) is 56.9 Å². The van der Waals surface area contributed by atoms with Crippen LogP contribution < -0.4 is 0 Å². The zero-order valence-corrected chi connectivity index (χ0v) is 16.6. The Balaban J connectivity index is 1.61. The fraction of sp³-hybridized carbons (Fsp3) is 0.625. The van der Waals surface area contributed by atoms with E-state index < -0.39 is 0 Å². The molecule has 0 N–H and O–H groups in total. The van der Waals surface area contributed by atoms with E-state index in [4.69, 9.17) is 10.00 Å². The van der Waals surface area contributed by atoms with Crippen LogP contribution in [0.1, 0.15) is 95.1 Å². The van der Waals surface area contributed by atoms with Crippen LogP contribution in [0.5, 0.6) is 0 Å². The molecule has 0 heterocycles. The summed E-state index contributed by atoms with van der Waals surface area (Å²) in [6, 6.07) is 10.4. The summed E-state index contributed by atoms with van der Waals surface area (Å²) in [6.07, 6.45) is 17.1. The van der Waals surface area contributed by atoms with Gasteiger partial charge < -0.3 is 4.74 Å². The first-order chi connectivity index (χ1) is 12.7. The predicted octanol–water partition coefficient (Wildman–Crippen LogP) is 7.11. The van der Waals surface area contributed by atoms with Crippen molar-refractivity contribution in [2.75, 3.05) is 0 Å². The summed E-state index contributed by atoms with van der Waals surface area (Å²) < 4.78 is 5.82. The first-order valence-corrected chi connectivity index (χ1v) is 10.5. The van der Waals surface area contributed by atoms with E-state index in [0.717, 1.165) is 24.3 Å². The largest absolute Gasteiger partial charge is 0.499 e. The van der Waals surface area contributed by atoms with Crippen LogP contribution in [0.2, 0.25) is 0 Å². The van der Waals surface area contributed by atoms with Crippen LogP contribution in [-0.2, 0) is 4.74 Å². The molecule has 142 valence electrons. The second-order valence-corrected chi connectivity index (χ2v) is 7.84. The van der Waals surface area contributed by atoms with Crippen molar-refractivity contribution in [3.05, 3.63) is 47.7 Å². The van der Waals surface area contributed by atoms with Gasteiger partial charge in [0.15, 0.2) is 0 Å². The minimum absolute atomic E-state index is 0.327. The molecule has 0 spiro atoms. The zero-order chi connectivity index (χ0) is 18.6. The highest BCUT2D eigenvalue weighted by atomic mass is 16.5. The van der Waals surface area contributed by atoms with Gasteiger partial charge in [-0.1, -0.05) is 31.9 Å². The summed E-state index contributed by atoms with van der Waals surface area (Å²) in [6.45, 7) is 4.43. The highest BCUT2D eigenvalue weighted by molar-refractivity contribution is 5.33. The lowest BCUT2D eigenvalue weighted by Gasteiger charge is -2.29. The molecule has 2 heteroatoms. The Morgan fingerprint density at radius 2 is 1.88 bits per heavy atom. The molecule has 0 aliphatic heterocycles. The van der Waals surface area contributed by atoms with Crippen LogP contribution in [0.3, 0.4) is 0 Å². The van der Waals surface area contributed by atoms with E-state index in [0.29, 0.717) is 12.0 Å². The lowest BCUT2D eigenvalue weighted by atomic mass is 9.77. The normalized spacial score (nSPS) is 21.4. The van der Waals surface area contributed by atoms with Gasteiger partial charge >= 0.3 is 0 Å². The van der Waals surface area contributed by atoms with Crippen molar-refractivity contribution >= 4 is 0 Å². The van der Waals surface area contributed by atoms with Gasteiger partial charge in [-0.3, -0.25) is 0 Å². The molecule has 1 aromatic rings. The summed E-state index contributed by atoms with van der Waals surface area (Å²) in [5.74, 6) is 1.53. The number of ether oxygens (including phenoxy) is 1. The van der Waals surface area contributed by atoms with Crippen molar-refractivity contribution in [2.45, 2.75) is 90.1 Å². The fourth-order valence-corrected chi connectivity index (χ4v) is 3.92. The molecule has 26 heavy (non-hydrogen) atoms. The number of unbranched alkanes of at least 4 members (excludes halogenated alkanes) is 3. The number of nitriles is 1. The molecule has 0 saturated heterocycles. The van der Waals surface area contributed by atoms with Crippen LogP contribution in [0, 0.1) is 17.2 Å². The molecule has 0 aromatic heterocycles. The number of hydrogen-bond donors (Lipinski definition) is 0. The van der Waals surface area contributed by atoms with Gasteiger partial charge in [-0.15, -0.1) is 0 Å². The van der Waals surface area contributed by atoms with Crippen LogP contribution in [0.15, 0.2) is 36.6 Å². The predicted molar refractivity (Wildman–Crippen MR) is 109 cm³/mol. The lowest BCUT2D eigenvalue weighted by molar-refractivity contribution is 0.138. The van der Waals surface area contributed by atoms with Gasteiger partial charge in [0, 0.05) is 0 Å². The topological polar surface area (TPSA) is 33.0 Å². The molecule has 1 saturated carbocycles. The standard InChI is InChI=1S/C24H35NO/c1-3-4-5-6-7-18-26-20(2)8-9-21-10-14-23(15-11-21)24-16-12-22(19-25)13-17-24/h7,12-13,16-18,20-21,23H,3-6,8-11,14-15H2,1-2H3. The van der Waals surface area contributed by atoms with Gasteiger partial charge in [0.05, 0.1) is 24.0 Å². The SMILES string of the molecule is CCCCCC=COC(C)CCC1CCC(c2ccc(C#N)cc2)CC1. The zero-order valence-electron chi connectivity index (χ0n) is 16.6. The van der Waals surface area contributed by atoms with E-state index in [2.05, 4.69) is 38.1 Å². The fourth-order valence-electron chi connectivity index (χ4n) is 3.92. The Morgan fingerprint density at radius 1 is 1.15 bits per heavy atom. The number of rotatable bonds is 10. The van der Waals surface area contributed by atoms with E-state index >= 15 is 0 Å². The van der Waals surface area contributed by atoms with Crippen LogP contribution in [0.4, 0.5) is 0 Å². The molecule has 1 aliphatic carbocycles. The van der Waals surface area contributed by atoms with Crippen molar-refractivity contribution in [3.63, 3.8) is 0 Å². The molecule has 1 aliphatic rings. The molecular formula is C24H35NO. The molecule has 1 atom stereocenters. The molecule has 0 amide bonds. The Kier molecular flexibility index (Phi) is 9.32. The van der Waals surface area contributed by atoms with Crippen LogP contribution in [-0.4, -0.2) is 6.10 Å². The highest BCUT2D eigenvalue weighted by Gasteiger charge is 2.22. The van der Waals surface area contributed by atoms with E-state index in [1.807, 2.05) is 18.4 Å². The van der Waals surface area contributed by atoms with E-state index in [9.17, 15) is 0 Å². The summed E-state index contributed by atoms with van der Waals surface area (Å²) in [5.41, 5.74) is 2.17. The van der Waals surface area contributed by atoms with Crippen molar-refractivity contribution < 1.29 is 4.74 Å². The van der Waals surface area contributed by atoms with Gasteiger partial charge in [-0.2, -0.15) is 5.26 Å². The van der Waals surface area contributed by atoms with Gasteiger partial charge in [0.25, 0.3) is 0 Å². The van der Waals surface area contributed by atoms with Crippen LogP contribution >= 0.6 is 0 Å². The Hall–Kier alpha value is -1.75. The smallest absolute Gasteiger partial charge is 0.0991 e. The number of benzene rings is 1. The molecule has 0 radical (unpaired) electrons. The van der Waals surface area contributed by atoms with Crippen molar-refractivity contribution in [1.82, 2.24) is 0 Å². The van der Waals surface area contributed by atoms with Crippen molar-refractivity contribution in [3.8, 4) is 6.07 Å². The molecule has 1 fully saturated rings. The minimum Gasteiger partial charge on any atom is -0.499 e. The van der Waals surface area contributed by atoms with E-state index in [1.54, 1.807) is 0 Å². The summed E-state index contributed by atoms with van der Waals surface area (Å²) >= 11 is 0. The molecule has 2 nitrogen and oxygen atoms in total. The minimum atomic E-state index is 0.327.